The van der Waals surface area contributed by atoms with Gasteiger partial charge in [-0.2, -0.15) is 18.6 Å². The monoisotopic (exact) mass is 644 g/mol. The summed E-state index contributed by atoms with van der Waals surface area (Å²) in [4.78, 5) is 22.4. The molecular formula is C23H21ClF8O10. The van der Waals surface area contributed by atoms with E-state index in [0.29, 0.717) is 5.56 Å². The van der Waals surface area contributed by atoms with Gasteiger partial charge in [0, 0.05) is 0 Å². The molecule has 3 rings (SSSR count). The second-order valence-electron chi connectivity index (χ2n) is 7.95. The average molecular weight is 645 g/mol. The molecule has 1 saturated heterocycles. The van der Waals surface area contributed by atoms with Gasteiger partial charge in [0.15, 0.2) is 0 Å². The Morgan fingerprint density at radius 3 is 1.90 bits per heavy atom. The van der Waals surface area contributed by atoms with E-state index in [2.05, 4.69) is 24.2 Å². The summed E-state index contributed by atoms with van der Waals surface area (Å²) in [6.07, 6.45) is -16.7. The number of hydrogen-bond donors (Lipinski definition) is 0. The molecule has 0 saturated carbocycles. The molecule has 2 aromatic carbocycles. The lowest BCUT2D eigenvalue weighted by atomic mass is 10.1. The maximum Gasteiger partial charge on any atom is 0.526 e. The van der Waals surface area contributed by atoms with Crippen LogP contribution >= 0.6 is 11.6 Å². The molecule has 0 aromatic heterocycles. The summed E-state index contributed by atoms with van der Waals surface area (Å²) in [7, 11) is 0. The lowest BCUT2D eigenvalue weighted by Crippen LogP contribution is -2.75. The Bertz CT molecular complexity index is 1090. The minimum Gasteiger partial charge on any atom is -0.333 e. The molecule has 0 radical (unpaired) electrons. The van der Waals surface area contributed by atoms with Crippen LogP contribution < -0.4 is 0 Å². The molecule has 236 valence electrons. The largest absolute Gasteiger partial charge is 0.526 e. The third-order valence-electron chi connectivity index (χ3n) is 5.04. The standard InChI is InChI=1S/C23H21ClF8O10/c24-21(40-23(29,30)31,39-19(27,28)18(25)26)20(41-32)22(34-12-11-33-20,35-13-16-7-3-1-4-8-16)42-38-15-37-36-14-17-9-5-2-6-10-17/h1-10,18H,11-15H2. The van der Waals surface area contributed by atoms with Gasteiger partial charge in [0.05, 0.1) is 19.8 Å². The van der Waals surface area contributed by atoms with Crippen LogP contribution in [0.2, 0.25) is 0 Å². The fraction of sp³-hybridized carbons (Fsp3) is 0.478. The average Bonchev–Trinajstić information content (AvgIpc) is 2.93. The van der Waals surface area contributed by atoms with E-state index in [1.165, 1.54) is 24.3 Å². The minimum absolute atomic E-state index is 0.141. The first-order chi connectivity index (χ1) is 19.8. The van der Waals surface area contributed by atoms with Gasteiger partial charge in [-0.05, 0) is 15.7 Å². The molecule has 0 bridgehead atoms. The normalized spacial score (nSPS) is 23.2. The van der Waals surface area contributed by atoms with Crippen molar-refractivity contribution in [1.29, 1.82) is 0 Å². The summed E-state index contributed by atoms with van der Waals surface area (Å²) in [6.45, 7) is -3.72. The Kier molecular flexibility index (Phi) is 11.8. The predicted octanol–water partition coefficient (Wildman–Crippen LogP) is 5.86. The van der Waals surface area contributed by atoms with E-state index in [-0.39, 0.29) is 12.2 Å². The SMILES string of the molecule is FOC1(C(Cl)(OC(F)(F)F)OC(F)(F)C(F)F)OCCOC1(OCc1ccccc1)OOCOOCc1ccccc1. The molecule has 1 heterocycles. The molecule has 0 N–H and O–H groups in total. The zero-order chi connectivity index (χ0) is 30.9. The smallest absolute Gasteiger partial charge is 0.333 e. The van der Waals surface area contributed by atoms with Crippen molar-refractivity contribution in [3.63, 3.8) is 0 Å². The van der Waals surface area contributed by atoms with E-state index in [4.69, 9.17) is 35.6 Å². The van der Waals surface area contributed by atoms with Crippen molar-refractivity contribution < 1.29 is 83.4 Å². The van der Waals surface area contributed by atoms with Gasteiger partial charge in [-0.15, -0.1) is 18.1 Å². The van der Waals surface area contributed by atoms with Crippen molar-refractivity contribution >= 4 is 11.6 Å². The molecule has 10 nitrogen and oxygen atoms in total. The molecule has 42 heavy (non-hydrogen) atoms. The zero-order valence-corrected chi connectivity index (χ0v) is 21.6. The molecule has 0 amide bonds. The Balaban J connectivity index is 1.95. The number of halogens is 9. The van der Waals surface area contributed by atoms with Crippen LogP contribution in [0.25, 0.3) is 0 Å². The number of hydrogen-bond acceptors (Lipinski definition) is 10. The highest BCUT2D eigenvalue weighted by Crippen LogP contribution is 2.53. The van der Waals surface area contributed by atoms with Crippen LogP contribution in [0.5, 0.6) is 0 Å². The molecule has 19 heteroatoms. The second kappa shape index (κ2) is 14.5. The molecule has 1 aliphatic rings. The predicted molar refractivity (Wildman–Crippen MR) is 118 cm³/mol. The highest BCUT2D eigenvalue weighted by molar-refractivity contribution is 6.22. The van der Waals surface area contributed by atoms with Crippen LogP contribution in [0.3, 0.4) is 0 Å². The van der Waals surface area contributed by atoms with Gasteiger partial charge in [-0.1, -0.05) is 72.3 Å². The van der Waals surface area contributed by atoms with E-state index in [1.54, 1.807) is 36.4 Å². The van der Waals surface area contributed by atoms with Crippen molar-refractivity contribution in [2.45, 2.75) is 49.1 Å². The van der Waals surface area contributed by atoms with Crippen molar-refractivity contribution in [1.82, 2.24) is 0 Å². The number of alkyl halides is 8. The third-order valence-corrected chi connectivity index (χ3v) is 5.45. The first kappa shape index (κ1) is 34.3. The highest BCUT2D eigenvalue weighted by Gasteiger charge is 2.80. The molecule has 1 aliphatic heterocycles. The highest BCUT2D eigenvalue weighted by atomic mass is 35.5. The summed E-state index contributed by atoms with van der Waals surface area (Å²) in [5.41, 5.74) is 0.823. The van der Waals surface area contributed by atoms with Crippen molar-refractivity contribution in [3.05, 3.63) is 71.8 Å². The summed E-state index contributed by atoms with van der Waals surface area (Å²) in [6, 6.07) is 15.7. The summed E-state index contributed by atoms with van der Waals surface area (Å²) < 4.78 is 130. The zero-order valence-electron chi connectivity index (χ0n) is 20.9. The van der Waals surface area contributed by atoms with E-state index in [1.807, 2.05) is 0 Å². The van der Waals surface area contributed by atoms with Crippen LogP contribution in [0.15, 0.2) is 60.7 Å². The Hall–Kier alpha value is -2.23. The first-order valence-corrected chi connectivity index (χ1v) is 11.8. The minimum atomic E-state index is -6.09. The van der Waals surface area contributed by atoms with Crippen molar-refractivity contribution in [3.8, 4) is 0 Å². The van der Waals surface area contributed by atoms with Crippen molar-refractivity contribution in [2.24, 2.45) is 0 Å². The fourth-order valence-electron chi connectivity index (χ4n) is 3.28. The van der Waals surface area contributed by atoms with E-state index in [0.717, 1.165) is 0 Å². The van der Waals surface area contributed by atoms with E-state index < -0.39 is 62.5 Å². The molecule has 2 aromatic rings. The first-order valence-electron chi connectivity index (χ1n) is 11.4. The molecule has 1 fully saturated rings. The van der Waals surface area contributed by atoms with E-state index >= 15 is 0 Å². The third kappa shape index (κ3) is 8.44. The van der Waals surface area contributed by atoms with Crippen LogP contribution in [-0.4, -0.2) is 55.9 Å². The Morgan fingerprint density at radius 2 is 1.36 bits per heavy atom. The molecule has 3 unspecified atom stereocenters. The van der Waals surface area contributed by atoms with Gasteiger partial charge < -0.3 is 14.2 Å². The number of rotatable bonds is 16. The second-order valence-corrected chi connectivity index (χ2v) is 8.45. The van der Waals surface area contributed by atoms with Gasteiger partial charge >= 0.3 is 35.9 Å². The van der Waals surface area contributed by atoms with Crippen LogP contribution in [0.1, 0.15) is 11.1 Å². The summed E-state index contributed by atoms with van der Waals surface area (Å²) in [5, 5.41) is -4.91. The van der Waals surface area contributed by atoms with Gasteiger partial charge in [0.2, 0.25) is 6.79 Å². The van der Waals surface area contributed by atoms with Crippen LogP contribution in [-0.2, 0) is 61.4 Å². The number of ether oxygens (including phenoxy) is 5. The van der Waals surface area contributed by atoms with Gasteiger partial charge in [0.1, 0.15) is 6.61 Å². The molecule has 0 aliphatic carbocycles. The molecule has 0 spiro atoms. The molecular weight excluding hydrogens is 624 g/mol. The molecule has 3 atom stereocenters. The number of benzene rings is 2. The Labute approximate surface area is 236 Å². The summed E-state index contributed by atoms with van der Waals surface area (Å²) >= 11 is 5.57. The Morgan fingerprint density at radius 1 is 0.786 bits per heavy atom. The maximum atomic E-state index is 14.4. The fourth-order valence-corrected chi connectivity index (χ4v) is 3.67. The quantitative estimate of drug-likeness (QED) is 0.0553. The van der Waals surface area contributed by atoms with Crippen LogP contribution in [0, 0.1) is 0 Å². The van der Waals surface area contributed by atoms with Gasteiger partial charge in [-0.25, -0.2) is 23.3 Å². The topological polar surface area (TPSA) is 92.3 Å². The summed E-state index contributed by atoms with van der Waals surface area (Å²) in [5.74, 6) is -8.10. The lowest BCUT2D eigenvalue weighted by molar-refractivity contribution is -0.652. The lowest BCUT2D eigenvalue weighted by Gasteiger charge is -2.51. The maximum absolute atomic E-state index is 14.4. The van der Waals surface area contributed by atoms with E-state index in [9.17, 15) is 35.3 Å². The van der Waals surface area contributed by atoms with Gasteiger partial charge in [0.25, 0.3) is 0 Å². The van der Waals surface area contributed by atoms with Crippen LogP contribution in [0.4, 0.5) is 35.3 Å². The van der Waals surface area contributed by atoms with Crippen molar-refractivity contribution in [2.75, 3.05) is 20.0 Å². The van der Waals surface area contributed by atoms with Gasteiger partial charge in [-0.3, -0.25) is 4.74 Å².